The topological polar surface area (TPSA) is 72.1 Å². The molecule has 21 heavy (non-hydrogen) atoms. The number of carbonyl (C=O) groups excluding carboxylic acids is 1. The SMILES string of the molecule is O=C(c1ccc2ncsc2c1)N1CC[C@H](c2ncon2)C1. The number of likely N-dealkylation sites (tertiary alicyclic amines) is 1. The molecule has 0 unspecified atom stereocenters. The molecular formula is C14H12N4O2S. The van der Waals surface area contributed by atoms with Gasteiger partial charge < -0.3 is 9.42 Å². The molecular weight excluding hydrogens is 288 g/mol. The summed E-state index contributed by atoms with van der Waals surface area (Å²) in [6.45, 7) is 1.36. The Kier molecular flexibility index (Phi) is 2.92. The van der Waals surface area contributed by atoms with Crippen molar-refractivity contribution in [1.82, 2.24) is 20.0 Å². The minimum atomic E-state index is 0.0521. The minimum absolute atomic E-state index is 0.0521. The number of hydrogen-bond acceptors (Lipinski definition) is 6. The van der Waals surface area contributed by atoms with Gasteiger partial charge in [-0.2, -0.15) is 4.98 Å². The average molecular weight is 300 g/mol. The van der Waals surface area contributed by atoms with Gasteiger partial charge in [0.25, 0.3) is 5.91 Å². The second-order valence-corrected chi connectivity index (χ2v) is 5.95. The van der Waals surface area contributed by atoms with E-state index in [0.29, 0.717) is 17.9 Å². The standard InChI is InChI=1S/C14H12N4O2S/c19-14(9-1-2-11-12(5-9)21-8-16-11)18-4-3-10(6-18)13-15-7-20-17-13/h1-2,5,7-8,10H,3-4,6H2/t10-/m0/s1. The number of hydrogen-bond donors (Lipinski definition) is 0. The average Bonchev–Trinajstić information content (AvgIpc) is 3.24. The van der Waals surface area contributed by atoms with Crippen molar-refractivity contribution < 1.29 is 9.32 Å². The molecule has 1 amide bonds. The third-order valence-corrected chi connectivity index (χ3v) is 4.59. The molecule has 2 aromatic heterocycles. The van der Waals surface area contributed by atoms with E-state index in [1.807, 2.05) is 23.1 Å². The predicted octanol–water partition coefficient (Wildman–Crippen LogP) is 2.31. The summed E-state index contributed by atoms with van der Waals surface area (Å²) in [5, 5.41) is 3.87. The molecule has 1 saturated heterocycles. The number of fused-ring (bicyclic) bond motifs is 1. The predicted molar refractivity (Wildman–Crippen MR) is 77.2 cm³/mol. The zero-order valence-electron chi connectivity index (χ0n) is 11.1. The molecule has 6 nitrogen and oxygen atoms in total. The number of rotatable bonds is 2. The van der Waals surface area contributed by atoms with Gasteiger partial charge in [-0.15, -0.1) is 11.3 Å². The fraction of sp³-hybridized carbons (Fsp3) is 0.286. The molecule has 0 N–H and O–H groups in total. The summed E-state index contributed by atoms with van der Waals surface area (Å²) in [6, 6.07) is 5.65. The fourth-order valence-electron chi connectivity index (χ4n) is 2.68. The zero-order valence-corrected chi connectivity index (χ0v) is 11.9. The van der Waals surface area contributed by atoms with Crippen molar-refractivity contribution in [1.29, 1.82) is 0 Å². The van der Waals surface area contributed by atoms with Crippen LogP contribution in [0.1, 0.15) is 28.5 Å². The van der Waals surface area contributed by atoms with Crippen molar-refractivity contribution >= 4 is 27.5 Å². The third-order valence-electron chi connectivity index (χ3n) is 3.80. The van der Waals surface area contributed by atoms with Crippen LogP contribution in [0.15, 0.2) is 34.6 Å². The Morgan fingerprint density at radius 3 is 3.19 bits per heavy atom. The fourth-order valence-corrected chi connectivity index (χ4v) is 3.40. The molecule has 0 radical (unpaired) electrons. The van der Waals surface area contributed by atoms with Gasteiger partial charge >= 0.3 is 0 Å². The number of amides is 1. The Labute approximate surface area is 124 Å². The Hall–Kier alpha value is -2.28. The second-order valence-electron chi connectivity index (χ2n) is 5.06. The van der Waals surface area contributed by atoms with Crippen LogP contribution < -0.4 is 0 Å². The molecule has 0 saturated carbocycles. The van der Waals surface area contributed by atoms with Crippen molar-refractivity contribution in [3.05, 3.63) is 41.5 Å². The van der Waals surface area contributed by atoms with Crippen molar-refractivity contribution in [2.45, 2.75) is 12.3 Å². The summed E-state index contributed by atoms with van der Waals surface area (Å²) < 4.78 is 5.81. The first-order valence-electron chi connectivity index (χ1n) is 6.70. The molecule has 1 aliphatic heterocycles. The highest BCUT2D eigenvalue weighted by Gasteiger charge is 2.30. The van der Waals surface area contributed by atoms with Gasteiger partial charge in [-0.3, -0.25) is 4.79 Å². The zero-order chi connectivity index (χ0) is 14.2. The maximum absolute atomic E-state index is 12.6. The van der Waals surface area contributed by atoms with Crippen molar-refractivity contribution in [3.63, 3.8) is 0 Å². The molecule has 7 heteroatoms. The van der Waals surface area contributed by atoms with Crippen molar-refractivity contribution in [3.8, 4) is 0 Å². The largest absolute Gasteiger partial charge is 0.343 e. The lowest BCUT2D eigenvalue weighted by atomic mass is 10.1. The van der Waals surface area contributed by atoms with E-state index < -0.39 is 0 Å². The molecule has 1 aromatic carbocycles. The van der Waals surface area contributed by atoms with Gasteiger partial charge in [0.2, 0.25) is 6.39 Å². The summed E-state index contributed by atoms with van der Waals surface area (Å²) >= 11 is 1.55. The lowest BCUT2D eigenvalue weighted by Crippen LogP contribution is -2.28. The molecule has 3 aromatic rings. The first kappa shape index (κ1) is 12.5. The molecule has 4 rings (SSSR count). The van der Waals surface area contributed by atoms with E-state index in [9.17, 15) is 4.79 Å². The second kappa shape index (κ2) is 4.92. The Bertz CT molecular complexity index is 783. The Morgan fingerprint density at radius 2 is 2.33 bits per heavy atom. The van der Waals surface area contributed by atoms with Crippen LogP contribution in [-0.2, 0) is 0 Å². The van der Waals surface area contributed by atoms with E-state index in [2.05, 4.69) is 15.1 Å². The molecule has 1 fully saturated rings. The maximum Gasteiger partial charge on any atom is 0.253 e. The summed E-state index contributed by atoms with van der Waals surface area (Å²) in [7, 11) is 0. The van der Waals surface area contributed by atoms with E-state index in [1.165, 1.54) is 6.39 Å². The molecule has 3 heterocycles. The van der Waals surface area contributed by atoms with Gasteiger partial charge in [0, 0.05) is 24.6 Å². The quantitative estimate of drug-likeness (QED) is 0.726. The van der Waals surface area contributed by atoms with Gasteiger partial charge in [-0.1, -0.05) is 5.16 Å². The van der Waals surface area contributed by atoms with Crippen LogP contribution in [0.25, 0.3) is 10.2 Å². The van der Waals surface area contributed by atoms with E-state index >= 15 is 0 Å². The van der Waals surface area contributed by atoms with E-state index in [0.717, 1.165) is 23.2 Å². The van der Waals surface area contributed by atoms with Crippen LogP contribution in [0.5, 0.6) is 0 Å². The van der Waals surface area contributed by atoms with Crippen LogP contribution in [-0.4, -0.2) is 39.0 Å². The van der Waals surface area contributed by atoms with Gasteiger partial charge in [0.1, 0.15) is 0 Å². The first-order chi connectivity index (χ1) is 10.3. The monoisotopic (exact) mass is 300 g/mol. The number of thiazole rings is 1. The molecule has 0 bridgehead atoms. The van der Waals surface area contributed by atoms with E-state index in [1.54, 1.807) is 16.8 Å². The summed E-state index contributed by atoms with van der Waals surface area (Å²) in [5.41, 5.74) is 3.43. The Morgan fingerprint density at radius 1 is 1.38 bits per heavy atom. The number of benzene rings is 1. The van der Waals surface area contributed by atoms with Crippen LogP contribution in [0.2, 0.25) is 0 Å². The van der Waals surface area contributed by atoms with E-state index in [4.69, 9.17) is 4.52 Å². The number of nitrogens with zero attached hydrogens (tertiary/aromatic N) is 4. The normalized spacial score (nSPS) is 18.5. The van der Waals surface area contributed by atoms with Crippen LogP contribution in [0, 0.1) is 0 Å². The maximum atomic E-state index is 12.6. The van der Waals surface area contributed by atoms with Crippen LogP contribution in [0.3, 0.4) is 0 Å². The molecule has 1 aliphatic rings. The van der Waals surface area contributed by atoms with Gasteiger partial charge in [0.15, 0.2) is 5.82 Å². The van der Waals surface area contributed by atoms with Crippen molar-refractivity contribution in [2.75, 3.05) is 13.1 Å². The minimum Gasteiger partial charge on any atom is -0.343 e. The van der Waals surface area contributed by atoms with Gasteiger partial charge in [-0.25, -0.2) is 4.98 Å². The third kappa shape index (κ3) is 2.19. The smallest absolute Gasteiger partial charge is 0.253 e. The highest BCUT2D eigenvalue weighted by atomic mass is 32.1. The lowest BCUT2D eigenvalue weighted by molar-refractivity contribution is 0.0790. The van der Waals surface area contributed by atoms with Crippen molar-refractivity contribution in [2.24, 2.45) is 0 Å². The summed E-state index contributed by atoms with van der Waals surface area (Å²) in [6.07, 6.45) is 2.20. The highest BCUT2D eigenvalue weighted by Crippen LogP contribution is 2.27. The molecule has 0 aliphatic carbocycles. The summed E-state index contributed by atoms with van der Waals surface area (Å²) in [4.78, 5) is 22.7. The molecule has 106 valence electrons. The van der Waals surface area contributed by atoms with Crippen LogP contribution >= 0.6 is 11.3 Å². The Balaban J connectivity index is 1.55. The highest BCUT2D eigenvalue weighted by molar-refractivity contribution is 7.16. The van der Waals surface area contributed by atoms with Gasteiger partial charge in [-0.05, 0) is 24.6 Å². The number of aromatic nitrogens is 3. The first-order valence-corrected chi connectivity index (χ1v) is 7.58. The number of carbonyl (C=O) groups is 1. The van der Waals surface area contributed by atoms with Crippen LogP contribution in [0.4, 0.5) is 0 Å². The van der Waals surface area contributed by atoms with E-state index in [-0.39, 0.29) is 11.8 Å². The molecule has 0 spiro atoms. The molecule has 1 atom stereocenters. The van der Waals surface area contributed by atoms with Gasteiger partial charge in [0.05, 0.1) is 15.7 Å². The summed E-state index contributed by atoms with van der Waals surface area (Å²) in [5.74, 6) is 0.902. The lowest BCUT2D eigenvalue weighted by Gasteiger charge is -2.15.